The molecule has 0 aliphatic carbocycles. The van der Waals surface area contributed by atoms with Gasteiger partial charge in [-0.3, -0.25) is 5.32 Å². The fourth-order valence-electron chi connectivity index (χ4n) is 1.56. The Morgan fingerprint density at radius 3 is 2.65 bits per heavy atom. The van der Waals surface area contributed by atoms with Crippen molar-refractivity contribution in [2.24, 2.45) is 0 Å². The van der Waals surface area contributed by atoms with Gasteiger partial charge in [0, 0.05) is 16.9 Å². The number of nitrogens with two attached hydrogens (primary N) is 1. The van der Waals surface area contributed by atoms with Gasteiger partial charge < -0.3 is 10.5 Å². The van der Waals surface area contributed by atoms with Gasteiger partial charge in [-0.2, -0.15) is 0 Å². The van der Waals surface area contributed by atoms with Crippen LogP contribution in [0.5, 0.6) is 5.75 Å². The average molecular weight is 311 g/mol. The normalized spacial score (nSPS) is 10.2. The number of benzene rings is 2. The van der Waals surface area contributed by atoms with E-state index in [1.54, 1.807) is 37.3 Å². The quantitative estimate of drug-likeness (QED) is 0.803. The number of ether oxygens (including phenoxy) is 1. The van der Waals surface area contributed by atoms with Gasteiger partial charge in [-0.25, -0.2) is 4.79 Å². The Bertz CT molecular complexity index is 660. The molecule has 0 spiro atoms. The van der Waals surface area contributed by atoms with Gasteiger partial charge in [0.05, 0.1) is 10.0 Å². The molecule has 0 aliphatic rings. The standard InChI is InChI=1S/C14H12Cl2N2O2/c1-8-12(17)3-2-4-13(8)20-14(19)18-9-5-6-10(15)11(16)7-9/h2-7H,17H2,1H3,(H,18,19). The van der Waals surface area contributed by atoms with Crippen LogP contribution in [0.4, 0.5) is 16.2 Å². The third kappa shape index (κ3) is 3.35. The molecule has 0 aliphatic heterocycles. The van der Waals surface area contributed by atoms with E-state index >= 15 is 0 Å². The van der Waals surface area contributed by atoms with Crippen LogP contribution in [-0.2, 0) is 0 Å². The molecule has 2 aromatic rings. The predicted octanol–water partition coefficient (Wildman–Crippen LogP) is 4.49. The Labute approximate surface area is 126 Å². The number of anilines is 2. The molecule has 0 saturated carbocycles. The number of rotatable bonds is 2. The molecule has 104 valence electrons. The van der Waals surface area contributed by atoms with Crippen molar-refractivity contribution >= 4 is 40.7 Å². The summed E-state index contributed by atoms with van der Waals surface area (Å²) in [4.78, 5) is 11.8. The van der Waals surface area contributed by atoms with Crippen LogP contribution in [-0.4, -0.2) is 6.09 Å². The summed E-state index contributed by atoms with van der Waals surface area (Å²) in [6, 6.07) is 9.87. The van der Waals surface area contributed by atoms with Crippen LogP contribution in [0.15, 0.2) is 36.4 Å². The molecule has 4 nitrogen and oxygen atoms in total. The zero-order chi connectivity index (χ0) is 14.7. The van der Waals surface area contributed by atoms with Crippen molar-refractivity contribution in [1.29, 1.82) is 0 Å². The maximum Gasteiger partial charge on any atom is 0.417 e. The zero-order valence-electron chi connectivity index (χ0n) is 10.6. The summed E-state index contributed by atoms with van der Waals surface area (Å²) in [7, 11) is 0. The molecule has 0 bridgehead atoms. The molecule has 0 heterocycles. The van der Waals surface area contributed by atoms with Gasteiger partial charge >= 0.3 is 6.09 Å². The second-order valence-corrected chi connectivity index (χ2v) is 4.93. The van der Waals surface area contributed by atoms with Gasteiger partial charge in [0.25, 0.3) is 0 Å². The van der Waals surface area contributed by atoms with Crippen molar-refractivity contribution in [3.8, 4) is 5.75 Å². The first kappa shape index (κ1) is 14.5. The van der Waals surface area contributed by atoms with Crippen molar-refractivity contribution in [3.63, 3.8) is 0 Å². The van der Waals surface area contributed by atoms with Crippen molar-refractivity contribution in [2.75, 3.05) is 11.1 Å². The highest BCUT2D eigenvalue weighted by molar-refractivity contribution is 6.42. The first-order chi connectivity index (χ1) is 9.47. The summed E-state index contributed by atoms with van der Waals surface area (Å²) in [5.74, 6) is 0.405. The van der Waals surface area contributed by atoms with Crippen LogP contribution in [0, 0.1) is 6.92 Å². The molecule has 1 amide bonds. The lowest BCUT2D eigenvalue weighted by atomic mass is 10.2. The van der Waals surface area contributed by atoms with E-state index in [9.17, 15) is 4.79 Å². The van der Waals surface area contributed by atoms with E-state index < -0.39 is 6.09 Å². The largest absolute Gasteiger partial charge is 0.417 e. The van der Waals surface area contributed by atoms with E-state index in [4.69, 9.17) is 33.7 Å². The first-order valence-corrected chi connectivity index (χ1v) is 6.52. The van der Waals surface area contributed by atoms with Crippen molar-refractivity contribution < 1.29 is 9.53 Å². The van der Waals surface area contributed by atoms with Gasteiger partial charge in [0.15, 0.2) is 0 Å². The first-order valence-electron chi connectivity index (χ1n) is 5.76. The number of nitrogens with one attached hydrogen (secondary N) is 1. The van der Waals surface area contributed by atoms with Crippen LogP contribution in [0.2, 0.25) is 10.0 Å². The Kier molecular flexibility index (Phi) is 4.37. The Balaban J connectivity index is 2.09. The number of nitrogen functional groups attached to an aromatic ring is 1. The van der Waals surface area contributed by atoms with Gasteiger partial charge in [-0.1, -0.05) is 29.3 Å². The third-order valence-corrected chi connectivity index (χ3v) is 3.43. The van der Waals surface area contributed by atoms with E-state index in [1.807, 2.05) is 0 Å². The lowest BCUT2D eigenvalue weighted by molar-refractivity contribution is 0.215. The number of carbonyl (C=O) groups is 1. The molecule has 0 unspecified atom stereocenters. The van der Waals surface area contributed by atoms with E-state index in [0.717, 1.165) is 0 Å². The highest BCUT2D eigenvalue weighted by atomic mass is 35.5. The third-order valence-electron chi connectivity index (χ3n) is 2.69. The number of hydrogen-bond donors (Lipinski definition) is 2. The fourth-order valence-corrected chi connectivity index (χ4v) is 1.86. The summed E-state index contributed by atoms with van der Waals surface area (Å²) in [6.45, 7) is 1.77. The number of hydrogen-bond acceptors (Lipinski definition) is 3. The Morgan fingerprint density at radius 2 is 1.95 bits per heavy atom. The van der Waals surface area contributed by atoms with E-state index in [2.05, 4.69) is 5.32 Å². The molecule has 0 radical (unpaired) electrons. The second-order valence-electron chi connectivity index (χ2n) is 4.11. The molecule has 0 aromatic heterocycles. The SMILES string of the molecule is Cc1c(N)cccc1OC(=O)Nc1ccc(Cl)c(Cl)c1. The topological polar surface area (TPSA) is 64.3 Å². The van der Waals surface area contributed by atoms with Gasteiger partial charge in [0.1, 0.15) is 5.75 Å². The fraction of sp³-hybridized carbons (Fsp3) is 0.0714. The van der Waals surface area contributed by atoms with E-state index in [0.29, 0.717) is 32.7 Å². The average Bonchev–Trinajstić information content (AvgIpc) is 2.39. The monoisotopic (exact) mass is 310 g/mol. The molecule has 20 heavy (non-hydrogen) atoms. The molecule has 0 saturated heterocycles. The highest BCUT2D eigenvalue weighted by Gasteiger charge is 2.09. The van der Waals surface area contributed by atoms with Gasteiger partial charge in [-0.05, 0) is 37.3 Å². The summed E-state index contributed by atoms with van der Waals surface area (Å²) in [5.41, 5.74) is 7.50. The van der Waals surface area contributed by atoms with Crippen LogP contribution in [0.1, 0.15) is 5.56 Å². The summed E-state index contributed by atoms with van der Waals surface area (Å²) in [6.07, 6.45) is -0.628. The van der Waals surface area contributed by atoms with E-state index in [-0.39, 0.29) is 0 Å². The minimum absolute atomic E-state index is 0.351. The lowest BCUT2D eigenvalue weighted by Gasteiger charge is -2.10. The maximum absolute atomic E-state index is 11.8. The molecule has 6 heteroatoms. The number of amides is 1. The van der Waals surface area contributed by atoms with Gasteiger partial charge in [0.2, 0.25) is 0 Å². The van der Waals surface area contributed by atoms with Crippen molar-refractivity contribution in [1.82, 2.24) is 0 Å². The minimum Gasteiger partial charge on any atom is -0.410 e. The van der Waals surface area contributed by atoms with Crippen LogP contribution in [0.3, 0.4) is 0 Å². The van der Waals surface area contributed by atoms with E-state index in [1.165, 1.54) is 6.07 Å². The molecule has 2 rings (SSSR count). The van der Waals surface area contributed by atoms with Gasteiger partial charge in [-0.15, -0.1) is 0 Å². The summed E-state index contributed by atoms with van der Waals surface area (Å²) < 4.78 is 5.19. The lowest BCUT2D eigenvalue weighted by Crippen LogP contribution is -2.17. The van der Waals surface area contributed by atoms with Crippen LogP contribution < -0.4 is 15.8 Å². The molecule has 0 atom stereocenters. The number of halogens is 2. The van der Waals surface area contributed by atoms with Crippen molar-refractivity contribution in [3.05, 3.63) is 52.0 Å². The maximum atomic E-state index is 11.8. The van der Waals surface area contributed by atoms with Crippen LogP contribution in [0.25, 0.3) is 0 Å². The molecule has 3 N–H and O–H groups in total. The smallest absolute Gasteiger partial charge is 0.410 e. The number of carbonyl (C=O) groups excluding carboxylic acids is 1. The highest BCUT2D eigenvalue weighted by Crippen LogP contribution is 2.26. The summed E-state index contributed by atoms with van der Waals surface area (Å²) in [5, 5.41) is 3.33. The Hall–Kier alpha value is -1.91. The molecule has 2 aromatic carbocycles. The second kappa shape index (κ2) is 6.03. The minimum atomic E-state index is -0.628. The Morgan fingerprint density at radius 1 is 1.20 bits per heavy atom. The van der Waals surface area contributed by atoms with Crippen molar-refractivity contribution in [2.45, 2.75) is 6.92 Å². The van der Waals surface area contributed by atoms with Crippen LogP contribution >= 0.6 is 23.2 Å². The molecular weight excluding hydrogens is 299 g/mol. The zero-order valence-corrected chi connectivity index (χ0v) is 12.1. The molecule has 0 fully saturated rings. The summed E-state index contributed by atoms with van der Waals surface area (Å²) >= 11 is 11.7. The molecular formula is C14H12Cl2N2O2. The predicted molar refractivity (Wildman–Crippen MR) is 81.7 cm³/mol.